The maximum absolute atomic E-state index is 12.2. The van der Waals surface area contributed by atoms with E-state index in [2.05, 4.69) is 26.1 Å². The molecule has 3 aromatic rings. The molecular weight excluding hydrogens is 364 g/mol. The number of aryl methyl sites for hydroxylation is 1. The van der Waals surface area contributed by atoms with Crippen LogP contribution in [0.2, 0.25) is 5.02 Å². The summed E-state index contributed by atoms with van der Waals surface area (Å²) in [6, 6.07) is 14.8. The van der Waals surface area contributed by atoms with Crippen molar-refractivity contribution in [1.82, 2.24) is 15.4 Å². The van der Waals surface area contributed by atoms with Crippen LogP contribution in [0.25, 0.3) is 0 Å². The molecule has 7 nitrogen and oxygen atoms in total. The van der Waals surface area contributed by atoms with Crippen LogP contribution >= 0.6 is 11.6 Å². The first-order valence-electron chi connectivity index (χ1n) is 8.25. The Kier molecular flexibility index (Phi) is 5.73. The van der Waals surface area contributed by atoms with Gasteiger partial charge in [-0.05, 0) is 30.7 Å². The van der Waals surface area contributed by atoms with Crippen molar-refractivity contribution in [2.24, 2.45) is 0 Å². The van der Waals surface area contributed by atoms with Crippen LogP contribution in [0, 0.1) is 6.92 Å². The number of nitrogens with one attached hydrogen (secondary N) is 3. The lowest BCUT2D eigenvalue weighted by Gasteiger charge is -2.13. The zero-order chi connectivity index (χ0) is 19.2. The lowest BCUT2D eigenvalue weighted by atomic mass is 10.1. The first-order chi connectivity index (χ1) is 13.0. The minimum Gasteiger partial charge on any atom is -0.393 e. The molecule has 1 amide bonds. The second-order valence-electron chi connectivity index (χ2n) is 5.91. The van der Waals surface area contributed by atoms with Gasteiger partial charge in [-0.25, -0.2) is 9.97 Å². The minimum atomic E-state index is -0.357. The van der Waals surface area contributed by atoms with Crippen molar-refractivity contribution in [2.75, 3.05) is 16.5 Å². The van der Waals surface area contributed by atoms with Crippen LogP contribution in [-0.4, -0.2) is 15.9 Å². The van der Waals surface area contributed by atoms with E-state index in [-0.39, 0.29) is 5.91 Å². The van der Waals surface area contributed by atoms with Gasteiger partial charge in [-0.3, -0.25) is 15.6 Å². The highest BCUT2D eigenvalue weighted by atomic mass is 35.5. The van der Waals surface area contributed by atoms with E-state index >= 15 is 0 Å². The number of hydrogen-bond acceptors (Lipinski definition) is 6. The monoisotopic (exact) mass is 382 g/mol. The molecule has 1 aromatic heterocycles. The molecule has 1 heterocycles. The normalized spacial score (nSPS) is 10.3. The number of carbonyl (C=O) groups excluding carboxylic acids is 1. The highest BCUT2D eigenvalue weighted by Crippen LogP contribution is 2.22. The average molecular weight is 383 g/mol. The average Bonchev–Trinajstić information content (AvgIpc) is 2.67. The molecule has 0 atom stereocenters. The molecule has 2 aromatic carbocycles. The summed E-state index contributed by atoms with van der Waals surface area (Å²) in [5.74, 6) is 0.418. The molecule has 0 radical (unpaired) electrons. The molecule has 138 valence electrons. The molecule has 0 fully saturated rings. The third-order valence-corrected chi connectivity index (χ3v) is 4.08. The van der Waals surface area contributed by atoms with Gasteiger partial charge in [0.2, 0.25) is 0 Å². The number of nitrogens with zero attached hydrogens (tertiary/aromatic N) is 2. The Hall–Kier alpha value is -3.32. The van der Waals surface area contributed by atoms with Gasteiger partial charge >= 0.3 is 0 Å². The number of hydrogen-bond donors (Lipinski definition) is 4. The Morgan fingerprint density at radius 1 is 1.11 bits per heavy atom. The van der Waals surface area contributed by atoms with Crippen molar-refractivity contribution in [3.63, 3.8) is 0 Å². The zero-order valence-corrected chi connectivity index (χ0v) is 15.4. The van der Waals surface area contributed by atoms with Gasteiger partial charge in [0.25, 0.3) is 5.91 Å². The van der Waals surface area contributed by atoms with E-state index in [9.17, 15) is 4.79 Å². The van der Waals surface area contributed by atoms with E-state index < -0.39 is 0 Å². The molecule has 0 bridgehead atoms. The van der Waals surface area contributed by atoms with Crippen molar-refractivity contribution in [3.05, 3.63) is 76.6 Å². The quantitative estimate of drug-likeness (QED) is 0.487. The van der Waals surface area contributed by atoms with E-state index in [0.29, 0.717) is 34.5 Å². The predicted molar refractivity (Wildman–Crippen MR) is 107 cm³/mol. The Balaban J connectivity index is 1.64. The van der Waals surface area contributed by atoms with E-state index in [1.165, 1.54) is 11.9 Å². The van der Waals surface area contributed by atoms with Gasteiger partial charge in [0.1, 0.15) is 12.0 Å². The van der Waals surface area contributed by atoms with Crippen LogP contribution < -0.4 is 21.9 Å². The third kappa shape index (κ3) is 4.86. The molecule has 0 aliphatic rings. The van der Waals surface area contributed by atoms with Gasteiger partial charge in [0.15, 0.2) is 11.6 Å². The van der Waals surface area contributed by atoms with Gasteiger partial charge in [0, 0.05) is 17.1 Å². The van der Waals surface area contributed by atoms with Crippen LogP contribution in [0.1, 0.15) is 21.5 Å². The van der Waals surface area contributed by atoms with Crippen LogP contribution in [0.15, 0.2) is 54.9 Å². The summed E-state index contributed by atoms with van der Waals surface area (Å²) < 4.78 is 0. The zero-order valence-electron chi connectivity index (χ0n) is 14.7. The van der Waals surface area contributed by atoms with E-state index in [1.54, 1.807) is 24.3 Å². The number of carbonyl (C=O) groups is 1. The lowest BCUT2D eigenvalue weighted by molar-refractivity contribution is 0.0962. The van der Waals surface area contributed by atoms with Crippen molar-refractivity contribution in [1.29, 1.82) is 0 Å². The molecule has 0 aliphatic carbocycles. The number of aromatic nitrogens is 2. The number of nitrogens with two attached hydrogens (primary N) is 1. The molecule has 0 saturated carbocycles. The summed E-state index contributed by atoms with van der Waals surface area (Å²) in [5.41, 5.74) is 14.4. The second-order valence-corrected chi connectivity index (χ2v) is 6.35. The van der Waals surface area contributed by atoms with Crippen molar-refractivity contribution < 1.29 is 4.79 Å². The van der Waals surface area contributed by atoms with Crippen LogP contribution in [-0.2, 0) is 6.54 Å². The maximum atomic E-state index is 12.2. The Labute approximate surface area is 162 Å². The predicted octanol–water partition coefficient (Wildman–Crippen LogP) is 3.39. The fraction of sp³-hybridized carbons (Fsp3) is 0.105. The number of anilines is 3. The SMILES string of the molecule is Cc1ccc(CNc2ncnc(NNC(=O)c3cccc(Cl)c3)c2N)cc1. The topological polar surface area (TPSA) is 105 Å². The molecule has 27 heavy (non-hydrogen) atoms. The summed E-state index contributed by atoms with van der Waals surface area (Å²) >= 11 is 5.90. The van der Waals surface area contributed by atoms with Crippen molar-refractivity contribution >= 4 is 34.8 Å². The van der Waals surface area contributed by atoms with Gasteiger partial charge < -0.3 is 11.1 Å². The number of halogens is 1. The summed E-state index contributed by atoms with van der Waals surface area (Å²) in [5, 5.41) is 3.65. The standard InChI is InChI=1S/C19H19ClN6O/c1-12-5-7-13(8-6-12)10-22-17-16(21)18(24-11-23-17)25-26-19(27)14-3-2-4-15(20)9-14/h2-9,11H,10,21H2,1H3,(H,26,27)(H2,22,23,24,25). The summed E-state index contributed by atoms with van der Waals surface area (Å²) in [7, 11) is 0. The molecule has 0 aliphatic heterocycles. The molecule has 8 heteroatoms. The van der Waals surface area contributed by atoms with Gasteiger partial charge in [-0.2, -0.15) is 0 Å². The Bertz CT molecular complexity index is 945. The highest BCUT2D eigenvalue weighted by molar-refractivity contribution is 6.30. The fourth-order valence-electron chi connectivity index (χ4n) is 2.35. The van der Waals surface area contributed by atoms with Gasteiger partial charge in [-0.15, -0.1) is 0 Å². The first-order valence-corrected chi connectivity index (χ1v) is 8.62. The largest absolute Gasteiger partial charge is 0.393 e. The van der Waals surface area contributed by atoms with Crippen molar-refractivity contribution in [2.45, 2.75) is 13.5 Å². The molecule has 5 N–H and O–H groups in total. The van der Waals surface area contributed by atoms with Crippen LogP contribution in [0.5, 0.6) is 0 Å². The van der Waals surface area contributed by atoms with E-state index in [4.69, 9.17) is 17.3 Å². The maximum Gasteiger partial charge on any atom is 0.269 e. The summed E-state index contributed by atoms with van der Waals surface area (Å²) in [4.78, 5) is 20.4. The smallest absolute Gasteiger partial charge is 0.269 e. The molecule has 3 rings (SSSR count). The Morgan fingerprint density at radius 2 is 1.85 bits per heavy atom. The Morgan fingerprint density at radius 3 is 2.59 bits per heavy atom. The number of benzene rings is 2. The first kappa shape index (κ1) is 18.5. The van der Waals surface area contributed by atoms with Gasteiger partial charge in [-0.1, -0.05) is 47.5 Å². The van der Waals surface area contributed by atoms with Crippen LogP contribution in [0.3, 0.4) is 0 Å². The molecule has 0 saturated heterocycles. The van der Waals surface area contributed by atoms with Gasteiger partial charge in [0.05, 0.1) is 0 Å². The van der Waals surface area contributed by atoms with Crippen molar-refractivity contribution in [3.8, 4) is 0 Å². The second kappa shape index (κ2) is 8.37. The minimum absolute atomic E-state index is 0.298. The number of rotatable bonds is 6. The molecule has 0 spiro atoms. The number of amides is 1. The summed E-state index contributed by atoms with van der Waals surface area (Å²) in [6.45, 7) is 2.60. The van der Waals surface area contributed by atoms with Crippen LogP contribution in [0.4, 0.5) is 17.3 Å². The fourth-order valence-corrected chi connectivity index (χ4v) is 2.54. The number of nitrogen functional groups attached to an aromatic ring is 1. The molecule has 0 unspecified atom stereocenters. The highest BCUT2D eigenvalue weighted by Gasteiger charge is 2.10. The summed E-state index contributed by atoms with van der Waals surface area (Å²) in [6.07, 6.45) is 1.36. The lowest BCUT2D eigenvalue weighted by Crippen LogP contribution is -2.30. The third-order valence-electron chi connectivity index (χ3n) is 3.85. The number of hydrazine groups is 1. The van der Waals surface area contributed by atoms with E-state index in [0.717, 1.165) is 5.56 Å². The van der Waals surface area contributed by atoms with E-state index in [1.807, 2.05) is 31.2 Å². The molecular formula is C19H19ClN6O.